The molecule has 0 bridgehead atoms. The van der Waals surface area contributed by atoms with Crippen LogP contribution in [-0.2, 0) is 0 Å². The summed E-state index contributed by atoms with van der Waals surface area (Å²) in [5.74, 6) is -0.711. The van der Waals surface area contributed by atoms with Crippen molar-refractivity contribution in [2.75, 3.05) is 5.32 Å². The fourth-order valence-electron chi connectivity index (χ4n) is 1.54. The third-order valence-electron chi connectivity index (χ3n) is 2.47. The summed E-state index contributed by atoms with van der Waals surface area (Å²) < 4.78 is 0.514. The maximum atomic E-state index is 11.9. The maximum Gasteiger partial charge on any atom is 0.293 e. The molecular weight excluding hydrogens is 330 g/mol. The monoisotopic (exact) mass is 337 g/mol. The minimum atomic E-state index is -0.711. The van der Waals surface area contributed by atoms with Crippen molar-refractivity contribution in [3.8, 4) is 0 Å². The fourth-order valence-corrected chi connectivity index (χ4v) is 1.89. The highest BCUT2D eigenvalue weighted by molar-refractivity contribution is 9.10. The molecule has 0 unspecified atom stereocenters. The Bertz CT molecular complexity index is 741. The zero-order chi connectivity index (χ0) is 14.7. The average molecular weight is 338 g/mol. The van der Waals surface area contributed by atoms with E-state index in [9.17, 15) is 19.7 Å². The number of halogens is 1. The highest BCUT2D eigenvalue weighted by Crippen LogP contribution is 2.28. The smallest absolute Gasteiger partial charge is 0.293 e. The van der Waals surface area contributed by atoms with E-state index in [1.807, 2.05) is 0 Å². The van der Waals surface area contributed by atoms with E-state index in [0.717, 1.165) is 0 Å². The third-order valence-corrected chi connectivity index (χ3v) is 2.97. The van der Waals surface area contributed by atoms with Gasteiger partial charge in [0.05, 0.1) is 4.92 Å². The summed E-state index contributed by atoms with van der Waals surface area (Å²) >= 11 is 3.12. The second kappa shape index (κ2) is 5.66. The molecule has 2 aromatic rings. The number of amides is 1. The van der Waals surface area contributed by atoms with Crippen LogP contribution in [0.2, 0.25) is 0 Å². The number of nitrogens with one attached hydrogen (secondary N) is 2. The molecule has 0 atom stereocenters. The topological polar surface area (TPSA) is 105 Å². The van der Waals surface area contributed by atoms with Crippen molar-refractivity contribution in [3.63, 3.8) is 0 Å². The number of hydrogen-bond donors (Lipinski definition) is 2. The van der Waals surface area contributed by atoms with Gasteiger partial charge in [0.2, 0.25) is 0 Å². The van der Waals surface area contributed by atoms with Crippen molar-refractivity contribution in [2.45, 2.75) is 0 Å². The highest BCUT2D eigenvalue weighted by atomic mass is 79.9. The number of aromatic amines is 1. The number of nitro groups is 1. The van der Waals surface area contributed by atoms with E-state index in [4.69, 9.17) is 0 Å². The van der Waals surface area contributed by atoms with Gasteiger partial charge in [0.1, 0.15) is 11.3 Å². The third kappa shape index (κ3) is 2.91. The molecule has 0 aliphatic heterocycles. The predicted molar refractivity (Wildman–Crippen MR) is 75.8 cm³/mol. The summed E-state index contributed by atoms with van der Waals surface area (Å²) in [4.78, 5) is 36.4. The minimum absolute atomic E-state index is 0.0199. The lowest BCUT2D eigenvalue weighted by Gasteiger charge is -2.05. The summed E-state index contributed by atoms with van der Waals surface area (Å²) in [6, 6.07) is 5.41. The first-order valence-electron chi connectivity index (χ1n) is 5.41. The van der Waals surface area contributed by atoms with Crippen LogP contribution in [0.15, 0.2) is 45.9 Å². The fraction of sp³-hybridized carbons (Fsp3) is 0. The molecule has 102 valence electrons. The zero-order valence-corrected chi connectivity index (χ0v) is 11.5. The van der Waals surface area contributed by atoms with Gasteiger partial charge in [-0.1, -0.05) is 15.9 Å². The molecule has 1 amide bonds. The number of nitrogens with zero attached hydrogens (tertiary/aromatic N) is 1. The number of nitro benzene ring substituents is 1. The van der Waals surface area contributed by atoms with E-state index in [2.05, 4.69) is 26.2 Å². The molecule has 0 saturated heterocycles. The van der Waals surface area contributed by atoms with E-state index in [1.165, 1.54) is 30.6 Å². The summed E-state index contributed by atoms with van der Waals surface area (Å²) in [5, 5.41) is 13.3. The first kappa shape index (κ1) is 13.9. The van der Waals surface area contributed by atoms with Gasteiger partial charge >= 0.3 is 0 Å². The van der Waals surface area contributed by atoms with Crippen molar-refractivity contribution in [1.29, 1.82) is 0 Å². The lowest BCUT2D eigenvalue weighted by Crippen LogP contribution is -2.21. The summed E-state index contributed by atoms with van der Waals surface area (Å²) in [6.07, 6.45) is 2.63. The van der Waals surface area contributed by atoms with Crippen LogP contribution >= 0.6 is 15.9 Å². The number of H-pyrrole nitrogens is 1. The van der Waals surface area contributed by atoms with Crippen molar-refractivity contribution in [3.05, 3.63) is 67.0 Å². The number of carbonyl (C=O) groups excluding carboxylic acids is 1. The molecule has 1 aromatic heterocycles. The lowest BCUT2D eigenvalue weighted by molar-refractivity contribution is -0.384. The normalized spacial score (nSPS) is 10.1. The second-order valence-corrected chi connectivity index (χ2v) is 4.71. The van der Waals surface area contributed by atoms with Gasteiger partial charge in [-0.05, 0) is 12.1 Å². The summed E-state index contributed by atoms with van der Waals surface area (Å²) in [6.45, 7) is 0. The van der Waals surface area contributed by atoms with Gasteiger partial charge in [0.25, 0.3) is 11.6 Å². The minimum Gasteiger partial charge on any atom is -0.367 e. The van der Waals surface area contributed by atoms with Crippen LogP contribution in [0.25, 0.3) is 0 Å². The van der Waals surface area contributed by atoms with Crippen molar-refractivity contribution in [1.82, 2.24) is 4.98 Å². The Hall–Kier alpha value is -2.48. The van der Waals surface area contributed by atoms with Crippen LogP contribution in [0.5, 0.6) is 0 Å². The van der Waals surface area contributed by atoms with Crippen LogP contribution in [0.4, 0.5) is 11.4 Å². The molecule has 1 heterocycles. The van der Waals surface area contributed by atoms with E-state index < -0.39 is 16.3 Å². The number of pyridine rings is 1. The average Bonchev–Trinajstić information content (AvgIpc) is 2.41. The van der Waals surface area contributed by atoms with Crippen LogP contribution in [-0.4, -0.2) is 15.8 Å². The Labute approximate surface area is 120 Å². The Balaban J connectivity index is 2.36. The summed E-state index contributed by atoms with van der Waals surface area (Å²) in [7, 11) is 0. The van der Waals surface area contributed by atoms with Gasteiger partial charge in [0.15, 0.2) is 5.43 Å². The number of benzene rings is 1. The van der Waals surface area contributed by atoms with Gasteiger partial charge in [-0.2, -0.15) is 0 Å². The standard InChI is InChI=1S/C12H8BrN3O4/c13-7-1-2-9(10(5-7)16(19)20)15-12(18)8-6-14-4-3-11(8)17/h1-6H,(H,14,17)(H,15,18). The molecule has 0 aliphatic carbocycles. The Morgan fingerprint density at radius 3 is 2.75 bits per heavy atom. The number of carbonyl (C=O) groups is 1. The number of aromatic nitrogens is 1. The van der Waals surface area contributed by atoms with Crippen LogP contribution < -0.4 is 10.7 Å². The van der Waals surface area contributed by atoms with E-state index >= 15 is 0 Å². The molecule has 0 spiro atoms. The molecule has 2 rings (SSSR count). The SMILES string of the molecule is O=C(Nc1ccc(Br)cc1[N+](=O)[O-])c1c[nH]ccc1=O. The number of anilines is 1. The molecule has 0 radical (unpaired) electrons. The first-order chi connectivity index (χ1) is 9.49. The Kier molecular flexibility index (Phi) is 3.94. The lowest BCUT2D eigenvalue weighted by atomic mass is 10.2. The molecule has 20 heavy (non-hydrogen) atoms. The van der Waals surface area contributed by atoms with Crippen LogP contribution in [0, 0.1) is 10.1 Å². The molecule has 1 aromatic carbocycles. The van der Waals surface area contributed by atoms with Gasteiger partial charge in [0, 0.05) is 29.0 Å². The van der Waals surface area contributed by atoms with Crippen LogP contribution in [0.1, 0.15) is 10.4 Å². The molecule has 7 nitrogen and oxygen atoms in total. The molecular formula is C12H8BrN3O4. The zero-order valence-electron chi connectivity index (χ0n) is 9.92. The van der Waals surface area contributed by atoms with E-state index in [1.54, 1.807) is 6.07 Å². The quantitative estimate of drug-likeness (QED) is 0.662. The van der Waals surface area contributed by atoms with Crippen molar-refractivity contribution >= 4 is 33.2 Å². The molecule has 0 saturated carbocycles. The van der Waals surface area contributed by atoms with Gasteiger partial charge in [-0.15, -0.1) is 0 Å². The Morgan fingerprint density at radius 1 is 1.35 bits per heavy atom. The molecule has 0 aliphatic rings. The second-order valence-electron chi connectivity index (χ2n) is 3.79. The van der Waals surface area contributed by atoms with Gasteiger partial charge < -0.3 is 10.3 Å². The van der Waals surface area contributed by atoms with E-state index in [-0.39, 0.29) is 16.9 Å². The first-order valence-corrected chi connectivity index (χ1v) is 6.21. The van der Waals surface area contributed by atoms with E-state index in [0.29, 0.717) is 4.47 Å². The number of hydrogen-bond acceptors (Lipinski definition) is 4. The van der Waals surface area contributed by atoms with Gasteiger partial charge in [-0.25, -0.2) is 0 Å². The maximum absolute atomic E-state index is 11.9. The van der Waals surface area contributed by atoms with Crippen LogP contribution in [0.3, 0.4) is 0 Å². The summed E-state index contributed by atoms with van der Waals surface area (Å²) in [5.41, 5.74) is -0.836. The van der Waals surface area contributed by atoms with Crippen molar-refractivity contribution in [2.24, 2.45) is 0 Å². The number of rotatable bonds is 3. The largest absolute Gasteiger partial charge is 0.367 e. The predicted octanol–water partition coefficient (Wildman–Crippen LogP) is 2.30. The highest BCUT2D eigenvalue weighted by Gasteiger charge is 2.18. The molecule has 2 N–H and O–H groups in total. The molecule has 0 fully saturated rings. The van der Waals surface area contributed by atoms with Crippen molar-refractivity contribution < 1.29 is 9.72 Å². The van der Waals surface area contributed by atoms with Gasteiger partial charge in [-0.3, -0.25) is 19.7 Å². The Morgan fingerprint density at radius 2 is 2.10 bits per heavy atom. The molecule has 8 heteroatoms.